The van der Waals surface area contributed by atoms with Gasteiger partial charge in [-0.15, -0.1) is 0 Å². The first-order chi connectivity index (χ1) is 12.1. The minimum Gasteiger partial charge on any atom is -0.334 e. The first-order valence-electron chi connectivity index (χ1n) is 9.61. The summed E-state index contributed by atoms with van der Waals surface area (Å²) in [5.74, 6) is 0.726. The molecule has 0 aliphatic carbocycles. The van der Waals surface area contributed by atoms with Crippen molar-refractivity contribution < 1.29 is 4.79 Å². The fourth-order valence-electron chi connectivity index (χ4n) is 3.98. The van der Waals surface area contributed by atoms with Gasteiger partial charge in [0.15, 0.2) is 0 Å². The van der Waals surface area contributed by atoms with Crippen LogP contribution in [0.4, 0.5) is 4.79 Å². The Hall–Kier alpha value is -1.59. The average molecular weight is 345 g/mol. The summed E-state index contributed by atoms with van der Waals surface area (Å²) in [5.41, 5.74) is 1.15. The third-order valence-corrected chi connectivity index (χ3v) is 5.65. The van der Waals surface area contributed by atoms with Gasteiger partial charge in [-0.1, -0.05) is 30.3 Å². The molecule has 1 aromatic carbocycles. The van der Waals surface area contributed by atoms with E-state index in [1.165, 1.54) is 26.2 Å². The van der Waals surface area contributed by atoms with Crippen LogP contribution in [-0.2, 0) is 6.54 Å². The number of likely N-dealkylation sites (tertiary alicyclic amines) is 1. The molecule has 2 aliphatic heterocycles. The molecule has 0 radical (unpaired) electrons. The van der Waals surface area contributed by atoms with E-state index in [-0.39, 0.29) is 6.03 Å². The van der Waals surface area contributed by atoms with E-state index in [9.17, 15) is 4.79 Å². The number of piperidine rings is 1. The number of nitrogens with one attached hydrogen (secondary N) is 1. The summed E-state index contributed by atoms with van der Waals surface area (Å²) in [4.78, 5) is 19.4. The number of nitrogens with zero attached hydrogens (tertiary/aromatic N) is 3. The van der Waals surface area contributed by atoms with Crippen LogP contribution in [0.5, 0.6) is 0 Å². The van der Waals surface area contributed by atoms with Crippen molar-refractivity contribution in [2.24, 2.45) is 5.92 Å². The Labute approximate surface area is 152 Å². The molecule has 2 amide bonds. The maximum Gasteiger partial charge on any atom is 0.317 e. The molecule has 1 N–H and O–H groups in total. The van der Waals surface area contributed by atoms with Gasteiger partial charge >= 0.3 is 6.03 Å². The third kappa shape index (κ3) is 5.19. The highest BCUT2D eigenvalue weighted by Gasteiger charge is 2.27. The van der Waals surface area contributed by atoms with Gasteiger partial charge in [0.1, 0.15) is 0 Å². The molecule has 2 saturated heterocycles. The molecule has 138 valence electrons. The second-order valence-corrected chi connectivity index (χ2v) is 7.68. The molecule has 5 nitrogen and oxygen atoms in total. The first-order valence-corrected chi connectivity index (χ1v) is 9.61. The van der Waals surface area contributed by atoms with E-state index in [1.807, 2.05) is 35.2 Å². The topological polar surface area (TPSA) is 38.8 Å². The molecule has 0 bridgehead atoms. The minimum absolute atomic E-state index is 0.0790. The summed E-state index contributed by atoms with van der Waals surface area (Å²) in [7, 11) is 2.21. The van der Waals surface area contributed by atoms with Crippen molar-refractivity contribution in [3.8, 4) is 0 Å². The van der Waals surface area contributed by atoms with Crippen molar-refractivity contribution in [3.05, 3.63) is 35.9 Å². The Kier molecular flexibility index (Phi) is 6.32. The molecule has 1 aromatic rings. The predicted octanol–water partition coefficient (Wildman–Crippen LogP) is 2.24. The number of likely N-dealkylation sites (N-methyl/N-ethyl adjacent to an activating group) is 1. The van der Waals surface area contributed by atoms with Crippen molar-refractivity contribution in [2.45, 2.75) is 32.4 Å². The Bertz CT molecular complexity index is 542. The predicted molar refractivity (Wildman–Crippen MR) is 102 cm³/mol. The largest absolute Gasteiger partial charge is 0.334 e. The Morgan fingerprint density at radius 3 is 2.52 bits per heavy atom. The number of carbonyl (C=O) groups is 1. The molecule has 25 heavy (non-hydrogen) atoms. The van der Waals surface area contributed by atoms with E-state index >= 15 is 0 Å². The number of hydrogen-bond donors (Lipinski definition) is 1. The van der Waals surface area contributed by atoms with Gasteiger partial charge in [0.25, 0.3) is 0 Å². The van der Waals surface area contributed by atoms with Crippen molar-refractivity contribution in [2.75, 3.05) is 46.3 Å². The zero-order valence-corrected chi connectivity index (χ0v) is 15.7. The number of piperazine rings is 1. The zero-order valence-electron chi connectivity index (χ0n) is 15.7. The standard InChI is InChI=1S/C20H32N4O/c1-17-15-22(2)12-13-24(17)16-19-8-10-23(11-9-19)20(25)21-14-18-6-4-3-5-7-18/h3-7,17,19H,8-16H2,1-2H3,(H,21,25). The van der Waals surface area contributed by atoms with Crippen LogP contribution in [0.1, 0.15) is 25.3 Å². The monoisotopic (exact) mass is 344 g/mol. The van der Waals surface area contributed by atoms with E-state index < -0.39 is 0 Å². The van der Waals surface area contributed by atoms with Gasteiger partial charge in [-0.3, -0.25) is 4.90 Å². The lowest BCUT2D eigenvalue weighted by Gasteiger charge is -2.41. The van der Waals surface area contributed by atoms with E-state index in [0.717, 1.165) is 37.4 Å². The summed E-state index contributed by atoms with van der Waals surface area (Å²) >= 11 is 0. The van der Waals surface area contributed by atoms with Crippen LogP contribution in [0.2, 0.25) is 0 Å². The van der Waals surface area contributed by atoms with Gasteiger partial charge in [0.2, 0.25) is 0 Å². The molecule has 0 aromatic heterocycles. The molecule has 3 rings (SSSR count). The number of rotatable bonds is 4. The Morgan fingerprint density at radius 1 is 1.12 bits per heavy atom. The van der Waals surface area contributed by atoms with Gasteiger partial charge in [0, 0.05) is 51.9 Å². The Balaban J connectivity index is 1.38. The van der Waals surface area contributed by atoms with Crippen molar-refractivity contribution in [1.82, 2.24) is 20.0 Å². The van der Waals surface area contributed by atoms with Crippen molar-refractivity contribution in [1.29, 1.82) is 0 Å². The van der Waals surface area contributed by atoms with Crippen LogP contribution in [0.3, 0.4) is 0 Å². The molecular formula is C20H32N4O. The van der Waals surface area contributed by atoms with Crippen LogP contribution < -0.4 is 5.32 Å². The lowest BCUT2D eigenvalue weighted by molar-refractivity contribution is 0.0712. The second-order valence-electron chi connectivity index (χ2n) is 7.68. The minimum atomic E-state index is 0.0790. The summed E-state index contributed by atoms with van der Waals surface area (Å²) in [6.45, 7) is 9.41. The fraction of sp³-hybridized carbons (Fsp3) is 0.650. The first kappa shape index (κ1) is 18.2. The van der Waals surface area contributed by atoms with Crippen LogP contribution in [-0.4, -0.2) is 73.1 Å². The van der Waals surface area contributed by atoms with Gasteiger partial charge in [0.05, 0.1) is 0 Å². The summed E-state index contributed by atoms with van der Waals surface area (Å²) < 4.78 is 0. The number of amides is 2. The van der Waals surface area contributed by atoms with Crippen LogP contribution in [0, 0.1) is 5.92 Å². The lowest BCUT2D eigenvalue weighted by atomic mass is 9.95. The van der Waals surface area contributed by atoms with E-state index in [1.54, 1.807) is 0 Å². The molecule has 2 aliphatic rings. The molecule has 0 saturated carbocycles. The Morgan fingerprint density at radius 2 is 1.84 bits per heavy atom. The quantitative estimate of drug-likeness (QED) is 0.910. The van der Waals surface area contributed by atoms with Crippen LogP contribution in [0.15, 0.2) is 30.3 Å². The number of hydrogen-bond acceptors (Lipinski definition) is 3. The highest BCUT2D eigenvalue weighted by Crippen LogP contribution is 2.21. The second kappa shape index (κ2) is 8.68. The highest BCUT2D eigenvalue weighted by atomic mass is 16.2. The van der Waals surface area contributed by atoms with Gasteiger partial charge in [-0.05, 0) is 38.3 Å². The molecule has 1 unspecified atom stereocenters. The van der Waals surface area contributed by atoms with E-state index in [4.69, 9.17) is 0 Å². The van der Waals surface area contributed by atoms with Gasteiger partial charge in [-0.25, -0.2) is 4.79 Å². The van der Waals surface area contributed by atoms with Crippen molar-refractivity contribution in [3.63, 3.8) is 0 Å². The smallest absolute Gasteiger partial charge is 0.317 e. The van der Waals surface area contributed by atoms with Crippen LogP contribution >= 0.6 is 0 Å². The molecule has 2 fully saturated rings. The maximum absolute atomic E-state index is 12.4. The average Bonchev–Trinajstić information content (AvgIpc) is 2.63. The number of benzene rings is 1. The molecular weight excluding hydrogens is 312 g/mol. The number of carbonyl (C=O) groups excluding carboxylic acids is 1. The fourth-order valence-corrected chi connectivity index (χ4v) is 3.98. The molecule has 0 spiro atoms. The summed E-state index contributed by atoms with van der Waals surface area (Å²) in [6.07, 6.45) is 2.25. The molecule has 5 heteroatoms. The van der Waals surface area contributed by atoms with Gasteiger partial charge in [-0.2, -0.15) is 0 Å². The SMILES string of the molecule is CC1CN(C)CCN1CC1CCN(C(=O)NCc2ccccc2)CC1. The maximum atomic E-state index is 12.4. The lowest BCUT2D eigenvalue weighted by Crippen LogP contribution is -2.53. The van der Waals surface area contributed by atoms with E-state index in [0.29, 0.717) is 12.6 Å². The zero-order chi connectivity index (χ0) is 17.6. The van der Waals surface area contributed by atoms with E-state index in [2.05, 4.69) is 29.1 Å². The normalized spacial score (nSPS) is 23.6. The van der Waals surface area contributed by atoms with Gasteiger partial charge < -0.3 is 15.1 Å². The highest BCUT2D eigenvalue weighted by molar-refractivity contribution is 5.74. The summed E-state index contributed by atoms with van der Waals surface area (Å²) in [6, 6.07) is 10.8. The number of urea groups is 1. The third-order valence-electron chi connectivity index (χ3n) is 5.65. The summed E-state index contributed by atoms with van der Waals surface area (Å²) in [5, 5.41) is 3.05. The molecule has 2 heterocycles. The van der Waals surface area contributed by atoms with Crippen LogP contribution in [0.25, 0.3) is 0 Å². The molecule has 1 atom stereocenters. The van der Waals surface area contributed by atoms with Crippen molar-refractivity contribution >= 4 is 6.03 Å².